The largest absolute Gasteiger partial charge is 0.494 e. The highest BCUT2D eigenvalue weighted by Gasteiger charge is 2.17. The molecule has 0 saturated carbocycles. The number of rotatable bonds is 4. The first-order valence-corrected chi connectivity index (χ1v) is 5.97. The summed E-state index contributed by atoms with van der Waals surface area (Å²) in [6.45, 7) is 6.02. The van der Waals surface area contributed by atoms with E-state index in [-0.39, 0.29) is 5.69 Å². The van der Waals surface area contributed by atoms with Crippen LogP contribution in [0.1, 0.15) is 28.7 Å². The molecule has 0 aliphatic rings. The van der Waals surface area contributed by atoms with E-state index >= 15 is 0 Å². The van der Waals surface area contributed by atoms with E-state index in [0.29, 0.717) is 18.3 Å². The van der Waals surface area contributed by atoms with E-state index in [2.05, 4.69) is 4.98 Å². The molecule has 2 aromatic rings. The van der Waals surface area contributed by atoms with Gasteiger partial charge in [0.2, 0.25) is 5.89 Å². The number of aromatic nitrogens is 1. The van der Waals surface area contributed by atoms with Crippen LogP contribution < -0.4 is 4.74 Å². The molecular formula is C14H15NO4. The van der Waals surface area contributed by atoms with Gasteiger partial charge in [-0.05, 0) is 44.5 Å². The normalized spacial score (nSPS) is 10.5. The summed E-state index contributed by atoms with van der Waals surface area (Å²) in [6, 6.07) is 5.49. The summed E-state index contributed by atoms with van der Waals surface area (Å²) in [5.74, 6) is 0.318. The molecule has 1 aromatic heterocycles. The van der Waals surface area contributed by atoms with Gasteiger partial charge in [-0.1, -0.05) is 0 Å². The van der Waals surface area contributed by atoms with Gasteiger partial charge in [0.15, 0.2) is 5.69 Å². The minimum Gasteiger partial charge on any atom is -0.494 e. The molecule has 0 atom stereocenters. The van der Waals surface area contributed by atoms with Crippen LogP contribution >= 0.6 is 0 Å². The quantitative estimate of drug-likeness (QED) is 0.915. The molecule has 0 aliphatic heterocycles. The molecule has 0 amide bonds. The summed E-state index contributed by atoms with van der Waals surface area (Å²) in [7, 11) is 0. The summed E-state index contributed by atoms with van der Waals surface area (Å²) >= 11 is 0. The molecule has 0 radical (unpaired) electrons. The number of ether oxygens (including phenoxy) is 1. The van der Waals surface area contributed by atoms with Crippen molar-refractivity contribution in [1.29, 1.82) is 0 Å². The maximum absolute atomic E-state index is 10.9. The Kier molecular flexibility index (Phi) is 3.55. The third-order valence-electron chi connectivity index (χ3n) is 2.72. The van der Waals surface area contributed by atoms with Crippen molar-refractivity contribution in [2.45, 2.75) is 20.8 Å². The number of oxazole rings is 1. The number of aryl methyl sites for hydroxylation is 2. The van der Waals surface area contributed by atoms with Gasteiger partial charge in [-0.2, -0.15) is 0 Å². The van der Waals surface area contributed by atoms with E-state index in [1.807, 2.05) is 26.0 Å². The average Bonchev–Trinajstić information content (AvgIpc) is 2.74. The lowest BCUT2D eigenvalue weighted by atomic mass is 10.1. The predicted octanol–water partition coefficient (Wildman–Crippen LogP) is 3.06. The predicted molar refractivity (Wildman–Crippen MR) is 69.5 cm³/mol. The highest BCUT2D eigenvalue weighted by molar-refractivity contribution is 5.87. The van der Waals surface area contributed by atoms with Crippen LogP contribution in [0.25, 0.3) is 11.5 Å². The first kappa shape index (κ1) is 13.1. The molecule has 0 bridgehead atoms. The molecule has 2 rings (SSSR count). The number of benzene rings is 1. The van der Waals surface area contributed by atoms with Gasteiger partial charge in [0.25, 0.3) is 0 Å². The molecular weight excluding hydrogens is 246 g/mol. The Morgan fingerprint density at radius 2 is 2.16 bits per heavy atom. The molecule has 0 aliphatic carbocycles. The first-order chi connectivity index (χ1) is 9.02. The number of hydrogen-bond donors (Lipinski definition) is 1. The fourth-order valence-electron chi connectivity index (χ4n) is 1.82. The zero-order valence-corrected chi connectivity index (χ0v) is 11.1. The monoisotopic (exact) mass is 261 g/mol. The number of nitrogens with zero attached hydrogens (tertiary/aromatic N) is 1. The minimum absolute atomic E-state index is 0.0541. The van der Waals surface area contributed by atoms with Crippen molar-refractivity contribution in [2.24, 2.45) is 0 Å². The zero-order valence-electron chi connectivity index (χ0n) is 11.1. The summed E-state index contributed by atoms with van der Waals surface area (Å²) in [6.07, 6.45) is 0. The van der Waals surface area contributed by atoms with Crippen LogP contribution in [0.4, 0.5) is 0 Å². The van der Waals surface area contributed by atoms with Gasteiger partial charge < -0.3 is 14.3 Å². The van der Waals surface area contributed by atoms with Crippen molar-refractivity contribution in [2.75, 3.05) is 6.61 Å². The lowest BCUT2D eigenvalue weighted by Crippen LogP contribution is -1.98. The van der Waals surface area contributed by atoms with Crippen molar-refractivity contribution in [1.82, 2.24) is 4.98 Å². The minimum atomic E-state index is -1.09. The van der Waals surface area contributed by atoms with Crippen molar-refractivity contribution in [3.63, 3.8) is 0 Å². The number of carboxylic acids is 1. The van der Waals surface area contributed by atoms with Crippen molar-refractivity contribution < 1.29 is 19.1 Å². The Hall–Kier alpha value is -2.30. The van der Waals surface area contributed by atoms with Crippen LogP contribution in [0.2, 0.25) is 0 Å². The van der Waals surface area contributed by atoms with Gasteiger partial charge in [0.05, 0.1) is 6.61 Å². The van der Waals surface area contributed by atoms with Gasteiger partial charge in [0, 0.05) is 5.56 Å². The fraction of sp³-hybridized carbons (Fsp3) is 0.286. The van der Waals surface area contributed by atoms with Crippen LogP contribution in [0.3, 0.4) is 0 Å². The second-order valence-electron chi connectivity index (χ2n) is 4.14. The summed E-state index contributed by atoms with van der Waals surface area (Å²) < 4.78 is 10.8. The zero-order chi connectivity index (χ0) is 14.0. The lowest BCUT2D eigenvalue weighted by Gasteiger charge is -2.07. The molecule has 0 fully saturated rings. The first-order valence-electron chi connectivity index (χ1n) is 5.97. The van der Waals surface area contributed by atoms with Crippen LogP contribution in [0.15, 0.2) is 22.6 Å². The van der Waals surface area contributed by atoms with Crippen molar-refractivity contribution >= 4 is 5.97 Å². The van der Waals surface area contributed by atoms with Crippen LogP contribution in [0.5, 0.6) is 5.75 Å². The molecule has 5 heteroatoms. The molecule has 1 aromatic carbocycles. The van der Waals surface area contributed by atoms with Gasteiger partial charge in [-0.3, -0.25) is 0 Å². The Balaban J connectivity index is 2.39. The summed E-state index contributed by atoms with van der Waals surface area (Å²) in [4.78, 5) is 14.9. The summed E-state index contributed by atoms with van der Waals surface area (Å²) in [5, 5.41) is 8.95. The second kappa shape index (κ2) is 5.14. The standard InChI is InChI=1S/C14H15NO4/c1-4-18-11-6-5-10(7-8(11)2)13-15-12(14(16)17)9(3)19-13/h5-7H,4H2,1-3H3,(H,16,17). The molecule has 0 unspecified atom stereocenters. The maximum atomic E-state index is 10.9. The summed E-state index contributed by atoms with van der Waals surface area (Å²) in [5.41, 5.74) is 1.63. The Morgan fingerprint density at radius 1 is 1.42 bits per heavy atom. The van der Waals surface area contributed by atoms with Crippen LogP contribution in [-0.4, -0.2) is 22.7 Å². The lowest BCUT2D eigenvalue weighted by molar-refractivity contribution is 0.0689. The molecule has 100 valence electrons. The maximum Gasteiger partial charge on any atom is 0.358 e. The number of aromatic carboxylic acids is 1. The van der Waals surface area contributed by atoms with E-state index in [0.717, 1.165) is 16.9 Å². The van der Waals surface area contributed by atoms with Gasteiger partial charge in [-0.25, -0.2) is 9.78 Å². The van der Waals surface area contributed by atoms with Gasteiger partial charge in [0.1, 0.15) is 11.5 Å². The topological polar surface area (TPSA) is 72.6 Å². The fourth-order valence-corrected chi connectivity index (χ4v) is 1.82. The molecule has 0 saturated heterocycles. The van der Waals surface area contributed by atoms with E-state index in [9.17, 15) is 4.79 Å². The Bertz CT molecular complexity index is 616. The SMILES string of the molecule is CCOc1ccc(-c2nc(C(=O)O)c(C)o2)cc1C. The number of carbonyl (C=O) groups is 1. The molecule has 19 heavy (non-hydrogen) atoms. The molecule has 0 spiro atoms. The third kappa shape index (κ3) is 2.59. The number of hydrogen-bond acceptors (Lipinski definition) is 4. The van der Waals surface area contributed by atoms with Crippen molar-refractivity contribution in [3.8, 4) is 17.2 Å². The highest BCUT2D eigenvalue weighted by Crippen LogP contribution is 2.27. The second-order valence-corrected chi connectivity index (χ2v) is 4.14. The van der Waals surface area contributed by atoms with Gasteiger partial charge >= 0.3 is 5.97 Å². The molecule has 1 N–H and O–H groups in total. The average molecular weight is 261 g/mol. The van der Waals surface area contributed by atoms with E-state index in [4.69, 9.17) is 14.3 Å². The third-order valence-corrected chi connectivity index (χ3v) is 2.72. The van der Waals surface area contributed by atoms with Crippen molar-refractivity contribution in [3.05, 3.63) is 35.2 Å². The van der Waals surface area contributed by atoms with E-state index < -0.39 is 5.97 Å². The number of carboxylic acid groups (broad SMARTS) is 1. The smallest absolute Gasteiger partial charge is 0.358 e. The Labute approximate surface area is 110 Å². The molecule has 1 heterocycles. The van der Waals surface area contributed by atoms with Gasteiger partial charge in [-0.15, -0.1) is 0 Å². The molecule has 5 nitrogen and oxygen atoms in total. The van der Waals surface area contributed by atoms with Crippen LogP contribution in [0, 0.1) is 13.8 Å². The highest BCUT2D eigenvalue weighted by atomic mass is 16.5. The van der Waals surface area contributed by atoms with E-state index in [1.54, 1.807) is 13.0 Å². The van der Waals surface area contributed by atoms with Crippen LogP contribution in [-0.2, 0) is 0 Å². The van der Waals surface area contributed by atoms with E-state index in [1.165, 1.54) is 0 Å². The Morgan fingerprint density at radius 3 is 2.68 bits per heavy atom.